The second-order valence-corrected chi connectivity index (χ2v) is 7.19. The molecule has 0 aliphatic carbocycles. The zero-order chi connectivity index (χ0) is 14.8. The number of ether oxygens (including phenoxy) is 1. The molecule has 1 aliphatic rings. The summed E-state index contributed by atoms with van der Waals surface area (Å²) in [4.78, 5) is -0.573. The summed E-state index contributed by atoms with van der Waals surface area (Å²) in [5.74, 6) is -1.89. The molecular weight excluding hydrogens is 356 g/mol. The second-order valence-electron chi connectivity index (χ2n) is 4.63. The zero-order valence-corrected chi connectivity index (χ0v) is 12.9. The van der Waals surface area contributed by atoms with E-state index in [-0.39, 0.29) is 16.9 Å². The number of nitrogens with one attached hydrogen (secondary N) is 1. The van der Waals surface area contributed by atoms with E-state index in [1.54, 1.807) is 0 Å². The molecule has 112 valence electrons. The third-order valence-electron chi connectivity index (χ3n) is 3.05. The Balaban J connectivity index is 2.14. The number of hydrogen-bond acceptors (Lipinski definition) is 3. The van der Waals surface area contributed by atoms with Crippen LogP contribution in [0.2, 0.25) is 0 Å². The molecule has 1 atom stereocenters. The average molecular weight is 370 g/mol. The van der Waals surface area contributed by atoms with Gasteiger partial charge in [-0.15, -0.1) is 0 Å². The van der Waals surface area contributed by atoms with Crippen LogP contribution in [0.4, 0.5) is 8.78 Å². The van der Waals surface area contributed by atoms with Crippen LogP contribution in [0.25, 0.3) is 0 Å². The lowest BCUT2D eigenvalue weighted by atomic mass is 10.0. The molecule has 8 heteroatoms. The van der Waals surface area contributed by atoms with Crippen molar-refractivity contribution in [2.45, 2.75) is 17.7 Å². The minimum atomic E-state index is -4.03. The molecule has 0 amide bonds. The Labute approximate surface area is 124 Å². The van der Waals surface area contributed by atoms with E-state index < -0.39 is 26.6 Å². The highest BCUT2D eigenvalue weighted by Gasteiger charge is 2.25. The lowest BCUT2D eigenvalue weighted by molar-refractivity contribution is 0.0568. The zero-order valence-electron chi connectivity index (χ0n) is 10.5. The molecule has 1 aromatic carbocycles. The van der Waals surface area contributed by atoms with Crippen LogP contribution in [0, 0.1) is 17.6 Å². The Hall–Kier alpha value is -0.570. The summed E-state index contributed by atoms with van der Waals surface area (Å²) in [5.41, 5.74) is 0. The van der Waals surface area contributed by atoms with Crippen molar-refractivity contribution in [3.05, 3.63) is 28.2 Å². The molecule has 1 heterocycles. The van der Waals surface area contributed by atoms with Crippen LogP contribution in [-0.2, 0) is 14.8 Å². The van der Waals surface area contributed by atoms with Gasteiger partial charge in [0.15, 0.2) is 0 Å². The minimum absolute atomic E-state index is 0.0702. The summed E-state index contributed by atoms with van der Waals surface area (Å²) in [6.07, 6.45) is 1.73. The van der Waals surface area contributed by atoms with E-state index in [0.29, 0.717) is 19.3 Å². The van der Waals surface area contributed by atoms with Crippen LogP contribution in [0.15, 0.2) is 21.5 Å². The van der Waals surface area contributed by atoms with Gasteiger partial charge in [-0.1, -0.05) is 0 Å². The van der Waals surface area contributed by atoms with E-state index in [2.05, 4.69) is 20.7 Å². The first-order valence-corrected chi connectivity index (χ1v) is 8.40. The average Bonchev–Trinajstić information content (AvgIpc) is 2.36. The van der Waals surface area contributed by atoms with Gasteiger partial charge in [0.2, 0.25) is 10.0 Å². The van der Waals surface area contributed by atoms with Crippen molar-refractivity contribution in [3.63, 3.8) is 0 Å². The monoisotopic (exact) mass is 369 g/mol. The summed E-state index contributed by atoms with van der Waals surface area (Å²) in [7, 11) is -4.03. The standard InChI is InChI=1S/C12H14BrF2NO3S/c13-10-4-9(14)5-11(15)12(10)20(17,18)16-6-8-2-1-3-19-7-8/h4-5,8,16H,1-3,6-7H2. The molecule has 0 aromatic heterocycles. The van der Waals surface area contributed by atoms with Gasteiger partial charge < -0.3 is 4.74 Å². The highest BCUT2D eigenvalue weighted by molar-refractivity contribution is 9.10. The van der Waals surface area contributed by atoms with Crippen LogP contribution in [0.1, 0.15) is 12.8 Å². The lowest BCUT2D eigenvalue weighted by Gasteiger charge is -2.22. The Morgan fingerprint density at radius 3 is 2.75 bits per heavy atom. The number of benzene rings is 1. The van der Waals surface area contributed by atoms with Crippen LogP contribution in [0.3, 0.4) is 0 Å². The fraction of sp³-hybridized carbons (Fsp3) is 0.500. The lowest BCUT2D eigenvalue weighted by Crippen LogP contribution is -2.33. The van der Waals surface area contributed by atoms with Crippen LogP contribution in [-0.4, -0.2) is 28.2 Å². The van der Waals surface area contributed by atoms with E-state index in [1.807, 2.05) is 0 Å². The molecule has 1 saturated heterocycles. The Bertz CT molecular complexity index is 565. The minimum Gasteiger partial charge on any atom is -0.381 e. The molecule has 4 nitrogen and oxygen atoms in total. The van der Waals surface area contributed by atoms with Gasteiger partial charge in [-0.05, 0) is 40.8 Å². The fourth-order valence-corrected chi connectivity index (χ4v) is 4.33. The molecule has 0 spiro atoms. The van der Waals surface area contributed by atoms with Gasteiger partial charge in [0.25, 0.3) is 0 Å². The summed E-state index contributed by atoms with van der Waals surface area (Å²) in [6.45, 7) is 1.34. The molecule has 20 heavy (non-hydrogen) atoms. The van der Waals surface area contributed by atoms with E-state index in [0.717, 1.165) is 18.9 Å². The number of halogens is 3. The van der Waals surface area contributed by atoms with Gasteiger partial charge in [0, 0.05) is 23.7 Å². The number of hydrogen-bond donors (Lipinski definition) is 1. The van der Waals surface area contributed by atoms with Crippen molar-refractivity contribution in [3.8, 4) is 0 Å². The van der Waals surface area contributed by atoms with Gasteiger partial charge in [-0.25, -0.2) is 21.9 Å². The van der Waals surface area contributed by atoms with Crippen molar-refractivity contribution < 1.29 is 21.9 Å². The predicted molar refractivity (Wildman–Crippen MR) is 72.8 cm³/mol. The quantitative estimate of drug-likeness (QED) is 0.886. The third kappa shape index (κ3) is 3.75. The molecule has 1 unspecified atom stereocenters. The summed E-state index contributed by atoms with van der Waals surface area (Å²) in [5, 5.41) is 0. The summed E-state index contributed by atoms with van der Waals surface area (Å²) >= 11 is 2.88. The van der Waals surface area contributed by atoms with Crippen molar-refractivity contribution in [2.24, 2.45) is 5.92 Å². The molecule has 1 aromatic rings. The van der Waals surface area contributed by atoms with Gasteiger partial charge in [-0.2, -0.15) is 0 Å². The maximum Gasteiger partial charge on any atom is 0.244 e. The number of rotatable bonds is 4. The molecule has 0 bridgehead atoms. The Morgan fingerprint density at radius 2 is 2.15 bits per heavy atom. The van der Waals surface area contributed by atoms with Gasteiger partial charge in [0.1, 0.15) is 16.5 Å². The first-order valence-electron chi connectivity index (χ1n) is 6.12. The first-order chi connectivity index (χ1) is 9.40. The molecule has 1 fully saturated rings. The summed E-state index contributed by atoms with van der Waals surface area (Å²) in [6, 6.07) is 1.46. The van der Waals surface area contributed by atoms with Crippen LogP contribution < -0.4 is 4.72 Å². The molecule has 1 N–H and O–H groups in total. The maximum atomic E-state index is 13.7. The Morgan fingerprint density at radius 1 is 1.40 bits per heavy atom. The SMILES string of the molecule is O=S(=O)(NCC1CCCOC1)c1c(F)cc(F)cc1Br. The van der Waals surface area contributed by atoms with Gasteiger partial charge in [0.05, 0.1) is 6.61 Å². The van der Waals surface area contributed by atoms with E-state index in [4.69, 9.17) is 4.74 Å². The van der Waals surface area contributed by atoms with Crippen molar-refractivity contribution in [2.75, 3.05) is 19.8 Å². The highest BCUT2D eigenvalue weighted by atomic mass is 79.9. The van der Waals surface area contributed by atoms with E-state index >= 15 is 0 Å². The first kappa shape index (κ1) is 15.8. The molecule has 2 rings (SSSR count). The maximum absolute atomic E-state index is 13.7. The molecular formula is C12H14BrF2NO3S. The van der Waals surface area contributed by atoms with Crippen LogP contribution in [0.5, 0.6) is 0 Å². The normalized spacial score (nSPS) is 20.1. The van der Waals surface area contributed by atoms with E-state index in [1.165, 1.54) is 0 Å². The molecule has 1 aliphatic heterocycles. The van der Waals surface area contributed by atoms with Gasteiger partial charge in [-0.3, -0.25) is 0 Å². The number of sulfonamides is 1. The van der Waals surface area contributed by atoms with Crippen molar-refractivity contribution in [1.29, 1.82) is 0 Å². The van der Waals surface area contributed by atoms with Crippen LogP contribution >= 0.6 is 15.9 Å². The third-order valence-corrected chi connectivity index (χ3v) is 5.44. The fourth-order valence-electron chi connectivity index (χ4n) is 2.05. The highest BCUT2D eigenvalue weighted by Crippen LogP contribution is 2.26. The Kier molecular flexibility index (Phi) is 5.11. The largest absolute Gasteiger partial charge is 0.381 e. The van der Waals surface area contributed by atoms with Crippen molar-refractivity contribution >= 4 is 26.0 Å². The van der Waals surface area contributed by atoms with Crippen molar-refractivity contribution in [1.82, 2.24) is 4.72 Å². The molecule has 0 radical (unpaired) electrons. The predicted octanol–water partition coefficient (Wildman–Crippen LogP) is 2.43. The van der Waals surface area contributed by atoms with E-state index in [9.17, 15) is 17.2 Å². The summed E-state index contributed by atoms with van der Waals surface area (Å²) < 4.78 is 58.3. The van der Waals surface area contributed by atoms with Gasteiger partial charge >= 0.3 is 0 Å². The topological polar surface area (TPSA) is 55.4 Å². The second kappa shape index (κ2) is 6.46. The molecule has 0 saturated carbocycles. The smallest absolute Gasteiger partial charge is 0.244 e.